The lowest BCUT2D eigenvalue weighted by Crippen LogP contribution is -2.53. The maximum absolute atomic E-state index is 11.6. The van der Waals surface area contributed by atoms with Gasteiger partial charge in [0, 0.05) is 6.54 Å². The van der Waals surface area contributed by atoms with E-state index >= 15 is 0 Å². The first-order valence-electron chi connectivity index (χ1n) is 5.32. The van der Waals surface area contributed by atoms with E-state index in [9.17, 15) is 9.59 Å². The lowest BCUT2D eigenvalue weighted by atomic mass is 10.0. The summed E-state index contributed by atoms with van der Waals surface area (Å²) in [5.74, 6) is -0.449. The minimum Gasteiger partial charge on any atom is -0.351 e. The first-order chi connectivity index (χ1) is 7.56. The number of nitrogens with two attached hydrogens (primary N) is 1. The van der Waals surface area contributed by atoms with E-state index in [-0.39, 0.29) is 6.04 Å². The van der Waals surface area contributed by atoms with Crippen LogP contribution in [-0.2, 0) is 4.79 Å². The summed E-state index contributed by atoms with van der Waals surface area (Å²) in [7, 11) is 0. The maximum Gasteiger partial charge on any atom is 0.318 e. The summed E-state index contributed by atoms with van der Waals surface area (Å²) in [6.07, 6.45) is 2.73. The zero-order chi connectivity index (χ0) is 12.1. The molecule has 1 rings (SSSR count). The standard InChI is InChI=1S/C10H16N4O2/c1-7(9(15)13-10(12)16)14-5-3-2-4-8(14)6-11/h7-8H,2-5H2,1H3,(H3,12,13,15,16). The number of carbonyl (C=O) groups excluding carboxylic acids is 2. The van der Waals surface area contributed by atoms with Gasteiger partial charge in [-0.15, -0.1) is 0 Å². The molecular formula is C10H16N4O2. The molecule has 0 aromatic heterocycles. The number of nitriles is 1. The zero-order valence-corrected chi connectivity index (χ0v) is 9.27. The number of piperidine rings is 1. The average molecular weight is 224 g/mol. The normalized spacial score (nSPS) is 23.1. The largest absolute Gasteiger partial charge is 0.351 e. The highest BCUT2D eigenvalue weighted by Crippen LogP contribution is 2.18. The van der Waals surface area contributed by atoms with Gasteiger partial charge in [-0.05, 0) is 26.2 Å². The summed E-state index contributed by atoms with van der Waals surface area (Å²) in [5, 5.41) is 11.0. The number of carbonyl (C=O) groups is 2. The molecule has 0 aromatic carbocycles. The third kappa shape index (κ3) is 2.94. The van der Waals surface area contributed by atoms with Crippen molar-refractivity contribution in [3.05, 3.63) is 0 Å². The number of primary amides is 1. The SMILES string of the molecule is CC(C(=O)NC(N)=O)N1CCCCC1C#N. The second-order valence-corrected chi connectivity index (χ2v) is 3.91. The van der Waals surface area contributed by atoms with E-state index in [1.807, 2.05) is 10.2 Å². The van der Waals surface area contributed by atoms with E-state index in [1.54, 1.807) is 6.92 Å². The van der Waals surface area contributed by atoms with Crippen molar-refractivity contribution in [3.8, 4) is 6.07 Å². The molecule has 0 aromatic rings. The molecule has 0 bridgehead atoms. The number of imide groups is 1. The Kier molecular flexibility index (Phi) is 4.26. The smallest absolute Gasteiger partial charge is 0.318 e. The van der Waals surface area contributed by atoms with Gasteiger partial charge >= 0.3 is 6.03 Å². The van der Waals surface area contributed by atoms with Crippen molar-refractivity contribution < 1.29 is 9.59 Å². The summed E-state index contributed by atoms with van der Waals surface area (Å²) in [6.45, 7) is 2.37. The molecule has 6 heteroatoms. The lowest BCUT2D eigenvalue weighted by molar-refractivity contribution is -0.125. The van der Waals surface area contributed by atoms with Crippen molar-refractivity contribution in [1.82, 2.24) is 10.2 Å². The molecule has 3 amide bonds. The van der Waals surface area contributed by atoms with Crippen LogP contribution in [0.25, 0.3) is 0 Å². The monoisotopic (exact) mass is 224 g/mol. The van der Waals surface area contributed by atoms with Crippen molar-refractivity contribution in [2.75, 3.05) is 6.54 Å². The van der Waals surface area contributed by atoms with Gasteiger partial charge in [-0.3, -0.25) is 15.0 Å². The van der Waals surface area contributed by atoms with Gasteiger partial charge in [-0.25, -0.2) is 4.79 Å². The predicted octanol–water partition coefficient (Wildman–Crippen LogP) is -0.0521. The van der Waals surface area contributed by atoms with Crippen LogP contribution >= 0.6 is 0 Å². The highest BCUT2D eigenvalue weighted by Gasteiger charge is 2.30. The molecule has 0 spiro atoms. The molecule has 1 aliphatic heterocycles. The number of amides is 3. The lowest BCUT2D eigenvalue weighted by Gasteiger charge is -2.35. The summed E-state index contributed by atoms with van der Waals surface area (Å²) >= 11 is 0. The fraction of sp³-hybridized carbons (Fsp3) is 0.700. The molecule has 1 aliphatic rings. The van der Waals surface area contributed by atoms with E-state index in [0.717, 1.165) is 19.3 Å². The van der Waals surface area contributed by atoms with Gasteiger partial charge in [-0.1, -0.05) is 0 Å². The third-order valence-corrected chi connectivity index (χ3v) is 2.82. The Morgan fingerprint density at radius 2 is 2.25 bits per heavy atom. The number of rotatable bonds is 2. The van der Waals surface area contributed by atoms with Crippen LogP contribution in [-0.4, -0.2) is 35.5 Å². The molecule has 2 unspecified atom stereocenters. The summed E-state index contributed by atoms with van der Waals surface area (Å²) < 4.78 is 0. The molecular weight excluding hydrogens is 208 g/mol. The number of hydrogen-bond acceptors (Lipinski definition) is 4. The highest BCUT2D eigenvalue weighted by molar-refractivity contribution is 5.96. The van der Waals surface area contributed by atoms with Crippen LogP contribution in [0.3, 0.4) is 0 Å². The minimum absolute atomic E-state index is 0.248. The quantitative estimate of drug-likeness (QED) is 0.686. The van der Waals surface area contributed by atoms with E-state index in [0.29, 0.717) is 6.54 Å². The van der Waals surface area contributed by atoms with Crippen molar-refractivity contribution in [1.29, 1.82) is 5.26 Å². The number of urea groups is 1. The fourth-order valence-electron chi connectivity index (χ4n) is 1.93. The Morgan fingerprint density at radius 3 is 2.81 bits per heavy atom. The summed E-state index contributed by atoms with van der Waals surface area (Å²) in [5.41, 5.74) is 4.87. The summed E-state index contributed by atoms with van der Waals surface area (Å²) in [6, 6.07) is 0.564. The van der Waals surface area contributed by atoms with Crippen molar-refractivity contribution in [3.63, 3.8) is 0 Å². The zero-order valence-electron chi connectivity index (χ0n) is 9.27. The number of nitrogens with one attached hydrogen (secondary N) is 1. The first kappa shape index (κ1) is 12.5. The fourth-order valence-corrected chi connectivity index (χ4v) is 1.93. The molecule has 6 nitrogen and oxygen atoms in total. The van der Waals surface area contributed by atoms with Gasteiger partial charge in [0.15, 0.2) is 0 Å². The Balaban J connectivity index is 2.64. The molecule has 1 heterocycles. The second-order valence-electron chi connectivity index (χ2n) is 3.91. The van der Waals surface area contributed by atoms with Crippen LogP contribution in [0.2, 0.25) is 0 Å². The minimum atomic E-state index is -0.859. The van der Waals surface area contributed by atoms with Gasteiger partial charge in [0.1, 0.15) is 0 Å². The molecule has 1 fully saturated rings. The van der Waals surface area contributed by atoms with Crippen LogP contribution in [0.1, 0.15) is 26.2 Å². The van der Waals surface area contributed by atoms with E-state index < -0.39 is 18.0 Å². The molecule has 2 atom stereocenters. The van der Waals surface area contributed by atoms with Crippen LogP contribution < -0.4 is 11.1 Å². The van der Waals surface area contributed by atoms with Gasteiger partial charge in [0.05, 0.1) is 18.2 Å². The number of hydrogen-bond donors (Lipinski definition) is 2. The molecule has 0 radical (unpaired) electrons. The summed E-state index contributed by atoms with van der Waals surface area (Å²) in [4.78, 5) is 23.9. The molecule has 1 saturated heterocycles. The molecule has 88 valence electrons. The third-order valence-electron chi connectivity index (χ3n) is 2.82. The second kappa shape index (κ2) is 5.47. The first-order valence-corrected chi connectivity index (χ1v) is 5.32. The molecule has 16 heavy (non-hydrogen) atoms. The molecule has 0 saturated carbocycles. The number of nitrogens with zero attached hydrogens (tertiary/aromatic N) is 2. The van der Waals surface area contributed by atoms with Crippen LogP contribution in [0.4, 0.5) is 4.79 Å². The average Bonchev–Trinajstić information content (AvgIpc) is 2.27. The Hall–Kier alpha value is -1.61. The van der Waals surface area contributed by atoms with E-state index in [2.05, 4.69) is 6.07 Å². The Labute approximate surface area is 94.4 Å². The van der Waals surface area contributed by atoms with Gasteiger partial charge in [0.25, 0.3) is 0 Å². The van der Waals surface area contributed by atoms with Crippen molar-refractivity contribution >= 4 is 11.9 Å². The highest BCUT2D eigenvalue weighted by atomic mass is 16.2. The van der Waals surface area contributed by atoms with Crippen molar-refractivity contribution in [2.24, 2.45) is 5.73 Å². The van der Waals surface area contributed by atoms with Gasteiger partial charge in [0.2, 0.25) is 5.91 Å². The van der Waals surface area contributed by atoms with Crippen molar-refractivity contribution in [2.45, 2.75) is 38.3 Å². The van der Waals surface area contributed by atoms with Crippen LogP contribution in [0.15, 0.2) is 0 Å². The Bertz CT molecular complexity index is 323. The van der Waals surface area contributed by atoms with Crippen LogP contribution in [0.5, 0.6) is 0 Å². The predicted molar refractivity (Wildman–Crippen MR) is 57.1 cm³/mol. The Morgan fingerprint density at radius 1 is 1.56 bits per heavy atom. The number of likely N-dealkylation sites (tertiary alicyclic amines) is 1. The molecule has 0 aliphatic carbocycles. The maximum atomic E-state index is 11.6. The van der Waals surface area contributed by atoms with E-state index in [4.69, 9.17) is 11.0 Å². The van der Waals surface area contributed by atoms with Gasteiger partial charge < -0.3 is 5.73 Å². The van der Waals surface area contributed by atoms with Crippen LogP contribution in [0, 0.1) is 11.3 Å². The topological polar surface area (TPSA) is 99.2 Å². The van der Waals surface area contributed by atoms with E-state index in [1.165, 1.54) is 0 Å². The van der Waals surface area contributed by atoms with Gasteiger partial charge in [-0.2, -0.15) is 5.26 Å². The molecule has 3 N–H and O–H groups in total.